The number of esters is 2. The van der Waals surface area contributed by atoms with Gasteiger partial charge in [-0.15, -0.1) is 0 Å². The van der Waals surface area contributed by atoms with E-state index < -0.39 is 28.6 Å². The van der Waals surface area contributed by atoms with Crippen LogP contribution >= 0.6 is 11.6 Å². The lowest BCUT2D eigenvalue weighted by molar-refractivity contribution is -0.190. The van der Waals surface area contributed by atoms with Crippen molar-refractivity contribution in [1.29, 1.82) is 5.41 Å². The minimum absolute atomic E-state index is 0.0195. The minimum atomic E-state index is -1.25. The zero-order valence-electron chi connectivity index (χ0n) is 30.7. The van der Waals surface area contributed by atoms with Crippen LogP contribution in [-0.2, 0) is 30.3 Å². The average molecular weight is 720 g/mol. The zero-order valence-corrected chi connectivity index (χ0v) is 31.5. The Morgan fingerprint density at radius 2 is 1.73 bits per heavy atom. The van der Waals surface area contributed by atoms with Gasteiger partial charge in [0.25, 0.3) is 0 Å². The molecule has 3 saturated carbocycles. The molecule has 1 aromatic rings. The third-order valence-electron chi connectivity index (χ3n) is 14.2. The van der Waals surface area contributed by atoms with Crippen molar-refractivity contribution in [2.75, 3.05) is 6.54 Å². The molecular weight excluding hydrogens is 670 g/mol. The van der Waals surface area contributed by atoms with Crippen molar-refractivity contribution >= 4 is 41.1 Å². The number of Topliss-reactive ketones (excluding diaryl/α,β-unsaturated/α-hetero) is 1. The molecule has 5 aliphatic carbocycles. The van der Waals surface area contributed by atoms with Crippen molar-refractivity contribution in [3.05, 3.63) is 45.0 Å². The van der Waals surface area contributed by atoms with Crippen LogP contribution in [0.2, 0.25) is 0 Å². The Balaban J connectivity index is 1.10. The van der Waals surface area contributed by atoms with Crippen LogP contribution in [0, 0.1) is 66.6 Å². The summed E-state index contributed by atoms with van der Waals surface area (Å²) in [5.41, 5.74) is 6.72. The predicted molar refractivity (Wildman–Crippen MR) is 191 cm³/mol. The molecule has 1 heterocycles. The van der Waals surface area contributed by atoms with E-state index in [1.54, 1.807) is 13.0 Å². The van der Waals surface area contributed by atoms with Gasteiger partial charge in [-0.05, 0) is 132 Å². The Labute approximate surface area is 304 Å². The molecule has 1 aliphatic heterocycles. The number of guanidine groups is 1. The van der Waals surface area contributed by atoms with Crippen molar-refractivity contribution < 1.29 is 33.4 Å². The van der Waals surface area contributed by atoms with Gasteiger partial charge in [0.05, 0.1) is 6.42 Å². The molecule has 4 N–H and O–H groups in total. The lowest BCUT2D eigenvalue weighted by Gasteiger charge is -2.58. The Bertz CT molecular complexity index is 1850. The highest BCUT2D eigenvalue weighted by Gasteiger charge is 2.70. The second-order valence-electron chi connectivity index (χ2n) is 16.8. The van der Waals surface area contributed by atoms with Gasteiger partial charge < -0.3 is 25.3 Å². The molecule has 11 heteroatoms. The maximum Gasteiger partial charge on any atom is 0.330 e. The first kappa shape index (κ1) is 35.7. The number of nitrogens with one attached hydrogen (secondary N) is 2. The maximum atomic E-state index is 14.1. The molecule has 0 saturated heterocycles. The molecule has 7 rings (SSSR count). The Morgan fingerprint density at radius 3 is 2.41 bits per heavy atom. The Morgan fingerprint density at radius 1 is 1.02 bits per heavy atom. The molecule has 0 bridgehead atoms. The molecule has 0 amide bonds. The van der Waals surface area contributed by atoms with Crippen LogP contribution in [0.1, 0.15) is 94.9 Å². The second-order valence-corrected chi connectivity index (χ2v) is 17.2. The van der Waals surface area contributed by atoms with Crippen LogP contribution in [0.3, 0.4) is 0 Å². The summed E-state index contributed by atoms with van der Waals surface area (Å²) in [6.07, 6.45) is 8.80. The highest BCUT2D eigenvalue weighted by atomic mass is 35.5. The van der Waals surface area contributed by atoms with Gasteiger partial charge in [-0.1, -0.05) is 31.5 Å². The van der Waals surface area contributed by atoms with E-state index in [0.717, 1.165) is 53.5 Å². The number of fused-ring (bicyclic) bond motifs is 8. The lowest BCUT2D eigenvalue weighted by Crippen LogP contribution is -2.59. The molecule has 0 aromatic heterocycles. The highest BCUT2D eigenvalue weighted by molar-refractivity contribution is 6.32. The largest absolute Gasteiger partial charge is 0.486 e. The fourth-order valence-electron chi connectivity index (χ4n) is 11.2. The van der Waals surface area contributed by atoms with E-state index in [-0.39, 0.29) is 53.7 Å². The number of hydrogen-bond donors (Lipinski definition) is 3. The molecule has 10 nitrogen and oxygen atoms in total. The number of halogens is 1. The van der Waals surface area contributed by atoms with Gasteiger partial charge in [-0.25, -0.2) is 4.79 Å². The van der Waals surface area contributed by atoms with E-state index in [4.69, 9.17) is 37.0 Å². The fraction of sp³-hybridized carbons (Fsp3) is 0.625. The molecular formula is C40H50ClN3O7. The van der Waals surface area contributed by atoms with Crippen LogP contribution in [0.5, 0.6) is 11.5 Å². The molecule has 1 aromatic carbocycles. The molecule has 274 valence electrons. The molecule has 0 spiro atoms. The third-order valence-corrected chi connectivity index (χ3v) is 14.5. The number of rotatable bonds is 7. The Hall–Kier alpha value is -3.66. The van der Waals surface area contributed by atoms with Gasteiger partial charge >= 0.3 is 11.9 Å². The molecule has 6 aliphatic rings. The van der Waals surface area contributed by atoms with Crippen molar-refractivity contribution in [3.63, 3.8) is 0 Å². The number of allylic oxidation sites excluding steroid dienone is 4. The molecule has 9 atom stereocenters. The second kappa shape index (κ2) is 11.9. The van der Waals surface area contributed by atoms with E-state index in [9.17, 15) is 19.2 Å². The summed E-state index contributed by atoms with van der Waals surface area (Å²) in [6.45, 7) is 13.3. The smallest absolute Gasteiger partial charge is 0.330 e. The summed E-state index contributed by atoms with van der Waals surface area (Å²) < 4.78 is 18.8. The van der Waals surface area contributed by atoms with Crippen LogP contribution in [0.25, 0.3) is 0 Å². The summed E-state index contributed by atoms with van der Waals surface area (Å²) in [5.74, 6) is 0.861. The number of carbonyl (C=O) groups is 4. The van der Waals surface area contributed by atoms with Crippen LogP contribution in [0.15, 0.2) is 22.8 Å². The van der Waals surface area contributed by atoms with Gasteiger partial charge in [0.15, 0.2) is 23.1 Å². The van der Waals surface area contributed by atoms with Crippen molar-refractivity contribution in [3.8, 4) is 11.5 Å². The summed E-state index contributed by atoms with van der Waals surface area (Å²) in [7, 11) is 0. The van der Waals surface area contributed by atoms with Crippen molar-refractivity contribution in [1.82, 2.24) is 5.32 Å². The quantitative estimate of drug-likeness (QED) is 0.132. The third kappa shape index (κ3) is 5.28. The standard InChI is InChI=1S/C40H50ClN3O7/c1-19-20(2)35-23(21(3)34(19)49-33(48)18-44-36(42)43)8-11-37(5,51-35)17-32(47)50-40(22(4)45)13-10-26-24-15-30(41)29-16-31(46)25-14-28(25)39(29,7)27(24)9-12-38(26,40)6/h15-16,24-28H,8-14,17-18H2,1-7H3,(H4,42,43,44)/t24?,25?,26?,27?,28-,37?,38?,39?,40-/m0/s1. The topological polar surface area (TPSA) is 158 Å². The predicted octanol–water partition coefficient (Wildman–Crippen LogP) is 6.08. The van der Waals surface area contributed by atoms with Crippen LogP contribution in [0.4, 0.5) is 0 Å². The van der Waals surface area contributed by atoms with E-state index in [0.29, 0.717) is 47.6 Å². The molecule has 7 unspecified atom stereocenters. The van der Waals surface area contributed by atoms with Crippen molar-refractivity contribution in [2.24, 2.45) is 46.2 Å². The summed E-state index contributed by atoms with van der Waals surface area (Å²) in [6, 6.07) is 0. The monoisotopic (exact) mass is 719 g/mol. The molecule has 51 heavy (non-hydrogen) atoms. The van der Waals surface area contributed by atoms with Gasteiger partial charge in [-0.2, -0.15) is 0 Å². The number of ether oxygens (including phenoxy) is 3. The summed E-state index contributed by atoms with van der Waals surface area (Å²) in [4.78, 5) is 53.0. The SMILES string of the molecule is CC(=O)[C@@]1(OC(=O)CC2(C)CCc3c(C)c(OC(=O)CNC(=N)N)c(C)c(C)c3O2)CCC2C3C=C(Cl)C4=CC(=O)C5C[C@@H]5C4(C)C3CCC21C. The number of benzene rings is 1. The van der Waals surface area contributed by atoms with E-state index in [2.05, 4.69) is 25.2 Å². The van der Waals surface area contributed by atoms with E-state index in [1.807, 2.05) is 27.7 Å². The Kier molecular flexibility index (Phi) is 8.36. The fourth-order valence-corrected chi connectivity index (χ4v) is 11.6. The lowest BCUT2D eigenvalue weighted by atomic mass is 9.47. The first-order valence-corrected chi connectivity index (χ1v) is 18.7. The van der Waals surface area contributed by atoms with Gasteiger partial charge in [0.1, 0.15) is 23.6 Å². The summed E-state index contributed by atoms with van der Waals surface area (Å²) >= 11 is 6.99. The van der Waals surface area contributed by atoms with E-state index >= 15 is 0 Å². The number of nitrogens with two attached hydrogens (primary N) is 1. The number of ketones is 2. The van der Waals surface area contributed by atoms with Crippen LogP contribution < -0.4 is 20.5 Å². The summed E-state index contributed by atoms with van der Waals surface area (Å²) in [5, 5.41) is 10.4. The minimum Gasteiger partial charge on any atom is -0.486 e. The van der Waals surface area contributed by atoms with Crippen LogP contribution in [-0.4, -0.2) is 47.2 Å². The zero-order chi connectivity index (χ0) is 37.0. The van der Waals surface area contributed by atoms with Gasteiger partial charge in [-0.3, -0.25) is 19.8 Å². The van der Waals surface area contributed by atoms with E-state index in [1.165, 1.54) is 0 Å². The molecule has 3 fully saturated rings. The van der Waals surface area contributed by atoms with Gasteiger partial charge in [0, 0.05) is 27.3 Å². The average Bonchev–Trinajstić information content (AvgIpc) is 3.82. The maximum absolute atomic E-state index is 14.1. The number of hydrogen-bond acceptors (Lipinski definition) is 8. The van der Waals surface area contributed by atoms with Crippen molar-refractivity contribution in [2.45, 2.75) is 111 Å². The number of carbonyl (C=O) groups excluding carboxylic acids is 4. The highest BCUT2D eigenvalue weighted by Crippen LogP contribution is 2.72. The normalized spacial score (nSPS) is 37.2. The van der Waals surface area contributed by atoms with Gasteiger partial charge in [0.2, 0.25) is 0 Å². The first-order chi connectivity index (χ1) is 23.9. The first-order valence-electron chi connectivity index (χ1n) is 18.3. The molecule has 0 radical (unpaired) electrons.